The maximum absolute atomic E-state index is 14.0. The summed E-state index contributed by atoms with van der Waals surface area (Å²) in [6.45, 7) is 0.224. The van der Waals surface area contributed by atoms with Crippen molar-refractivity contribution in [1.29, 1.82) is 0 Å². The molecule has 3 N–H and O–H groups in total. The first-order valence-corrected chi connectivity index (χ1v) is 12.3. The number of nitrogens with zero attached hydrogens (tertiary/aromatic N) is 2. The molecule has 0 bridgehead atoms. The van der Waals surface area contributed by atoms with Crippen molar-refractivity contribution in [2.45, 2.75) is 18.5 Å². The van der Waals surface area contributed by atoms with Crippen molar-refractivity contribution < 1.29 is 23.5 Å². The average Bonchev–Trinajstić information content (AvgIpc) is 3.53. The summed E-state index contributed by atoms with van der Waals surface area (Å²) in [5.74, 6) is -1.02. The molecule has 1 saturated heterocycles. The van der Waals surface area contributed by atoms with Crippen LogP contribution in [0.3, 0.4) is 0 Å². The fourth-order valence-corrected chi connectivity index (χ4v) is 4.83. The number of benzene rings is 2. The Bertz CT molecular complexity index is 1490. The summed E-state index contributed by atoms with van der Waals surface area (Å²) < 4.78 is 20.2. The van der Waals surface area contributed by atoms with Crippen molar-refractivity contribution in [2.75, 3.05) is 11.9 Å². The van der Waals surface area contributed by atoms with Crippen LogP contribution in [0.5, 0.6) is 0 Å². The molecule has 4 aromatic rings. The summed E-state index contributed by atoms with van der Waals surface area (Å²) in [5, 5.41) is 15.9. The number of carbonyl (C=O) groups excluding carboxylic acids is 1. The van der Waals surface area contributed by atoms with E-state index in [0.717, 1.165) is 5.69 Å². The minimum Gasteiger partial charge on any atom is -0.478 e. The number of hydrogen-bond donors (Lipinski definition) is 3. The number of carboxylic acids is 1. The number of thiocarbonyl (C=S) groups is 1. The molecule has 1 amide bonds. The molecule has 5 rings (SSSR count). The van der Waals surface area contributed by atoms with E-state index in [1.54, 1.807) is 48.7 Å². The molecule has 2 aromatic heterocycles. The number of para-hydroxylation sites is 1. The Morgan fingerprint density at radius 3 is 2.58 bits per heavy atom. The summed E-state index contributed by atoms with van der Waals surface area (Å²) in [6, 6.07) is 20.7. The van der Waals surface area contributed by atoms with Crippen molar-refractivity contribution in [3.8, 4) is 11.3 Å². The lowest BCUT2D eigenvalue weighted by atomic mass is 10.0. The highest BCUT2D eigenvalue weighted by molar-refractivity contribution is 7.80. The zero-order valence-corrected chi connectivity index (χ0v) is 20.8. The molecule has 0 aliphatic carbocycles. The number of anilines is 1. The average molecular weight is 531 g/mol. The monoisotopic (exact) mass is 530 g/mol. The highest BCUT2D eigenvalue weighted by atomic mass is 32.1. The minimum absolute atomic E-state index is 0.0387. The van der Waals surface area contributed by atoms with Crippen molar-refractivity contribution in [3.63, 3.8) is 0 Å². The Morgan fingerprint density at radius 1 is 1.05 bits per heavy atom. The lowest BCUT2D eigenvalue weighted by Gasteiger charge is -2.25. The van der Waals surface area contributed by atoms with Gasteiger partial charge in [-0.3, -0.25) is 9.78 Å². The SMILES string of the molecule is O=C(CCN1C(=S)NC(c2ccccn2)C1c1ccc(-c2ccccc2C(=O)O)o1)Nc1ccccc1F. The van der Waals surface area contributed by atoms with Gasteiger partial charge in [-0.2, -0.15) is 0 Å². The van der Waals surface area contributed by atoms with Gasteiger partial charge in [-0.25, -0.2) is 9.18 Å². The van der Waals surface area contributed by atoms with Crippen LogP contribution < -0.4 is 10.6 Å². The van der Waals surface area contributed by atoms with E-state index in [1.807, 2.05) is 23.1 Å². The summed E-state index contributed by atoms with van der Waals surface area (Å²) in [7, 11) is 0. The van der Waals surface area contributed by atoms with E-state index in [2.05, 4.69) is 15.6 Å². The van der Waals surface area contributed by atoms with E-state index in [4.69, 9.17) is 16.6 Å². The number of amides is 1. The molecule has 10 heteroatoms. The number of aromatic carboxylic acids is 1. The predicted octanol–water partition coefficient (Wildman–Crippen LogP) is 5.18. The second-order valence-electron chi connectivity index (χ2n) is 8.65. The molecule has 1 aliphatic heterocycles. The van der Waals surface area contributed by atoms with Gasteiger partial charge in [0.25, 0.3) is 0 Å². The van der Waals surface area contributed by atoms with Crippen molar-refractivity contribution in [1.82, 2.24) is 15.2 Å². The van der Waals surface area contributed by atoms with E-state index in [-0.39, 0.29) is 36.2 Å². The van der Waals surface area contributed by atoms with Gasteiger partial charge in [0.2, 0.25) is 5.91 Å². The normalized spacial score (nSPS) is 16.8. The van der Waals surface area contributed by atoms with E-state index in [1.165, 1.54) is 18.2 Å². The highest BCUT2D eigenvalue weighted by Gasteiger charge is 2.41. The Hall–Kier alpha value is -4.57. The van der Waals surface area contributed by atoms with Crippen LogP contribution in [0.1, 0.15) is 40.3 Å². The lowest BCUT2D eigenvalue weighted by Crippen LogP contribution is -2.32. The van der Waals surface area contributed by atoms with E-state index in [9.17, 15) is 19.1 Å². The third kappa shape index (κ3) is 5.12. The maximum Gasteiger partial charge on any atom is 0.336 e. The number of hydrogen-bond acceptors (Lipinski definition) is 5. The van der Waals surface area contributed by atoms with Gasteiger partial charge < -0.3 is 25.1 Å². The molecular weight excluding hydrogens is 507 g/mol. The Morgan fingerprint density at radius 2 is 1.82 bits per heavy atom. The summed E-state index contributed by atoms with van der Waals surface area (Å²) in [6.07, 6.45) is 1.72. The van der Waals surface area contributed by atoms with Gasteiger partial charge in [0.05, 0.1) is 23.0 Å². The molecule has 0 spiro atoms. The van der Waals surface area contributed by atoms with Crippen molar-refractivity contribution in [2.24, 2.45) is 0 Å². The van der Waals surface area contributed by atoms with Crippen molar-refractivity contribution >= 4 is 34.9 Å². The number of nitrogens with one attached hydrogen (secondary N) is 2. The maximum atomic E-state index is 14.0. The van der Waals surface area contributed by atoms with E-state index < -0.39 is 17.8 Å². The molecular formula is C28H23FN4O4S. The van der Waals surface area contributed by atoms with Crippen LogP contribution in [0.25, 0.3) is 11.3 Å². The number of aromatic nitrogens is 1. The van der Waals surface area contributed by atoms with Crippen LogP contribution in [0.2, 0.25) is 0 Å². The topological polar surface area (TPSA) is 108 Å². The quantitative estimate of drug-likeness (QED) is 0.268. The van der Waals surface area contributed by atoms with E-state index >= 15 is 0 Å². The molecule has 1 aliphatic rings. The third-order valence-electron chi connectivity index (χ3n) is 6.27. The minimum atomic E-state index is -1.06. The van der Waals surface area contributed by atoms with Gasteiger partial charge in [-0.15, -0.1) is 0 Å². The molecule has 38 heavy (non-hydrogen) atoms. The standard InChI is InChI=1S/C28H23FN4O4S/c29-19-9-3-4-10-20(19)31-24(34)14-16-33-26(25(32-28(33)38)21-11-5-6-15-30-21)23-13-12-22(37-23)17-7-1-2-8-18(17)27(35)36/h1-13,15,25-26H,14,16H2,(H,31,34)(H,32,38)(H,35,36). The number of carboxylic acid groups (broad SMARTS) is 1. The van der Waals surface area contributed by atoms with Gasteiger partial charge in [-0.1, -0.05) is 36.4 Å². The predicted molar refractivity (Wildman–Crippen MR) is 143 cm³/mol. The second kappa shape index (κ2) is 10.8. The third-order valence-corrected chi connectivity index (χ3v) is 6.62. The largest absolute Gasteiger partial charge is 0.478 e. The lowest BCUT2D eigenvalue weighted by molar-refractivity contribution is -0.116. The molecule has 0 radical (unpaired) electrons. The highest BCUT2D eigenvalue weighted by Crippen LogP contribution is 2.40. The summed E-state index contributed by atoms with van der Waals surface area (Å²) in [5.41, 5.74) is 1.40. The molecule has 3 heterocycles. The first-order chi connectivity index (χ1) is 18.4. The van der Waals surface area contributed by atoms with Crippen LogP contribution in [-0.2, 0) is 4.79 Å². The Labute approximate surface area is 223 Å². The van der Waals surface area contributed by atoms with Gasteiger partial charge in [0, 0.05) is 24.7 Å². The molecule has 2 atom stereocenters. The summed E-state index contributed by atoms with van der Waals surface area (Å²) >= 11 is 5.63. The first kappa shape index (κ1) is 25.1. The molecule has 192 valence electrons. The van der Waals surface area contributed by atoms with Gasteiger partial charge in [0.1, 0.15) is 23.4 Å². The van der Waals surface area contributed by atoms with Crippen LogP contribution in [-0.4, -0.2) is 38.5 Å². The molecule has 8 nitrogen and oxygen atoms in total. The fourth-order valence-electron chi connectivity index (χ4n) is 4.49. The van der Waals surface area contributed by atoms with Gasteiger partial charge >= 0.3 is 5.97 Å². The number of pyridine rings is 1. The van der Waals surface area contributed by atoms with Gasteiger partial charge in [-0.05, 0) is 54.7 Å². The van der Waals surface area contributed by atoms with E-state index in [0.29, 0.717) is 22.2 Å². The first-order valence-electron chi connectivity index (χ1n) is 11.9. The number of furan rings is 1. The molecule has 2 unspecified atom stereocenters. The number of rotatable bonds is 8. The van der Waals surface area contributed by atoms with Crippen LogP contribution in [0.4, 0.5) is 10.1 Å². The van der Waals surface area contributed by atoms with Crippen LogP contribution in [0.15, 0.2) is 89.5 Å². The zero-order chi connectivity index (χ0) is 26.6. The molecule has 1 fully saturated rings. The zero-order valence-electron chi connectivity index (χ0n) is 20.0. The number of halogens is 1. The molecule has 2 aromatic carbocycles. The number of carbonyl (C=O) groups is 2. The second-order valence-corrected chi connectivity index (χ2v) is 9.04. The smallest absolute Gasteiger partial charge is 0.336 e. The van der Waals surface area contributed by atoms with Crippen LogP contribution in [0, 0.1) is 5.82 Å². The Kier molecular flexibility index (Phi) is 7.14. The fraction of sp³-hybridized carbons (Fsp3) is 0.143. The Balaban J connectivity index is 1.43. The van der Waals surface area contributed by atoms with Crippen molar-refractivity contribution in [3.05, 3.63) is 108 Å². The summed E-state index contributed by atoms with van der Waals surface area (Å²) in [4.78, 5) is 30.7. The van der Waals surface area contributed by atoms with Crippen LogP contribution >= 0.6 is 12.2 Å². The molecule has 0 saturated carbocycles. The van der Waals surface area contributed by atoms with Gasteiger partial charge in [0.15, 0.2) is 5.11 Å².